The highest BCUT2D eigenvalue weighted by atomic mass is 16.3. The van der Waals surface area contributed by atoms with Gasteiger partial charge in [0.15, 0.2) is 5.78 Å². The number of hydrogen-bond donors (Lipinski definition) is 0. The highest BCUT2D eigenvalue weighted by molar-refractivity contribution is 5.97. The van der Waals surface area contributed by atoms with E-state index >= 15 is 0 Å². The van der Waals surface area contributed by atoms with E-state index in [4.69, 9.17) is 4.42 Å². The van der Waals surface area contributed by atoms with Gasteiger partial charge in [-0.2, -0.15) is 0 Å². The van der Waals surface area contributed by atoms with Crippen molar-refractivity contribution in [1.29, 1.82) is 0 Å². The molecule has 3 rings (SSSR count). The van der Waals surface area contributed by atoms with Crippen molar-refractivity contribution in [2.75, 3.05) is 6.54 Å². The van der Waals surface area contributed by atoms with E-state index in [1.54, 1.807) is 6.26 Å². The van der Waals surface area contributed by atoms with E-state index in [-0.39, 0.29) is 5.78 Å². The summed E-state index contributed by atoms with van der Waals surface area (Å²) in [6.45, 7) is 3.31. The zero-order valence-electron chi connectivity index (χ0n) is 12.4. The van der Waals surface area contributed by atoms with E-state index in [0.717, 1.165) is 24.3 Å². The molecule has 3 nitrogen and oxygen atoms in total. The molecule has 0 bridgehead atoms. The van der Waals surface area contributed by atoms with Crippen LogP contribution in [0.2, 0.25) is 0 Å². The van der Waals surface area contributed by atoms with Gasteiger partial charge in [0.25, 0.3) is 0 Å². The van der Waals surface area contributed by atoms with Gasteiger partial charge >= 0.3 is 0 Å². The zero-order chi connectivity index (χ0) is 14.7. The highest BCUT2D eigenvalue weighted by Crippen LogP contribution is 2.28. The third-order valence-electron chi connectivity index (χ3n) is 4.03. The van der Waals surface area contributed by atoms with Gasteiger partial charge in [-0.1, -0.05) is 31.2 Å². The van der Waals surface area contributed by atoms with Crippen molar-refractivity contribution in [2.24, 2.45) is 0 Å². The maximum Gasteiger partial charge on any atom is 0.176 e. The van der Waals surface area contributed by atoms with Gasteiger partial charge in [0.2, 0.25) is 0 Å². The smallest absolute Gasteiger partial charge is 0.176 e. The van der Waals surface area contributed by atoms with Crippen LogP contribution in [0.1, 0.15) is 41.4 Å². The summed E-state index contributed by atoms with van der Waals surface area (Å²) in [6, 6.07) is 12.4. The lowest BCUT2D eigenvalue weighted by Crippen LogP contribution is -2.31. The van der Waals surface area contributed by atoms with Gasteiger partial charge in [-0.3, -0.25) is 9.69 Å². The van der Waals surface area contributed by atoms with Gasteiger partial charge in [0, 0.05) is 11.6 Å². The molecule has 1 aliphatic carbocycles. The number of nitrogens with zero attached hydrogens (tertiary/aromatic N) is 1. The SMILES string of the molecule is CCc1ccc(C(=O)CN(Cc2ccco2)C2CC2)cc1. The van der Waals surface area contributed by atoms with Crippen molar-refractivity contribution in [3.8, 4) is 0 Å². The molecule has 0 N–H and O–H groups in total. The molecule has 0 unspecified atom stereocenters. The summed E-state index contributed by atoms with van der Waals surface area (Å²) >= 11 is 0. The van der Waals surface area contributed by atoms with Crippen molar-refractivity contribution in [3.05, 3.63) is 59.5 Å². The lowest BCUT2D eigenvalue weighted by Gasteiger charge is -2.19. The quantitative estimate of drug-likeness (QED) is 0.727. The summed E-state index contributed by atoms with van der Waals surface area (Å²) in [5.74, 6) is 1.12. The van der Waals surface area contributed by atoms with Gasteiger partial charge < -0.3 is 4.42 Å². The molecular weight excluding hydrogens is 262 g/mol. The molecule has 110 valence electrons. The number of furan rings is 1. The van der Waals surface area contributed by atoms with Gasteiger partial charge in [-0.25, -0.2) is 0 Å². The Morgan fingerprint density at radius 3 is 2.57 bits per heavy atom. The number of hydrogen-bond acceptors (Lipinski definition) is 3. The summed E-state index contributed by atoms with van der Waals surface area (Å²) in [5, 5.41) is 0. The minimum atomic E-state index is 0.191. The Morgan fingerprint density at radius 2 is 2.00 bits per heavy atom. The number of Topliss-reactive ketones (excluding diaryl/α,β-unsaturated/α-hetero) is 1. The summed E-state index contributed by atoms with van der Waals surface area (Å²) in [7, 11) is 0. The molecular formula is C18H21NO2. The lowest BCUT2D eigenvalue weighted by molar-refractivity contribution is 0.0913. The van der Waals surface area contributed by atoms with Crippen molar-refractivity contribution in [2.45, 2.75) is 38.8 Å². The molecule has 0 atom stereocenters. The standard InChI is InChI=1S/C18H21NO2/c1-2-14-5-7-15(8-6-14)18(20)13-19(16-9-10-16)12-17-4-3-11-21-17/h3-8,11,16H,2,9-10,12-13H2,1H3. The predicted octanol–water partition coefficient (Wildman–Crippen LogP) is 3.69. The van der Waals surface area contributed by atoms with Crippen LogP contribution < -0.4 is 0 Å². The summed E-state index contributed by atoms with van der Waals surface area (Å²) in [5.41, 5.74) is 2.07. The number of benzene rings is 1. The Hall–Kier alpha value is -1.87. The second kappa shape index (κ2) is 6.27. The monoisotopic (exact) mass is 283 g/mol. The molecule has 1 aromatic carbocycles. The molecule has 1 fully saturated rings. The van der Waals surface area contributed by atoms with E-state index in [1.165, 1.54) is 18.4 Å². The molecule has 3 heteroatoms. The van der Waals surface area contributed by atoms with E-state index in [0.29, 0.717) is 12.6 Å². The fourth-order valence-corrected chi connectivity index (χ4v) is 2.56. The van der Waals surface area contributed by atoms with Crippen LogP contribution in [-0.2, 0) is 13.0 Å². The largest absolute Gasteiger partial charge is 0.468 e. The average Bonchev–Trinajstić information content (AvgIpc) is 3.24. The first-order chi connectivity index (χ1) is 10.3. The second-order valence-corrected chi connectivity index (χ2v) is 5.69. The number of rotatable bonds is 7. The lowest BCUT2D eigenvalue weighted by atomic mass is 10.1. The third kappa shape index (κ3) is 3.61. The van der Waals surface area contributed by atoms with Crippen LogP contribution in [0, 0.1) is 0 Å². The first-order valence-corrected chi connectivity index (χ1v) is 7.65. The molecule has 0 amide bonds. The maximum absolute atomic E-state index is 12.4. The fraction of sp³-hybridized carbons (Fsp3) is 0.389. The Labute approximate surface area is 125 Å². The third-order valence-corrected chi connectivity index (χ3v) is 4.03. The number of aryl methyl sites for hydroxylation is 1. The van der Waals surface area contributed by atoms with Crippen LogP contribution in [0.25, 0.3) is 0 Å². The van der Waals surface area contributed by atoms with E-state index in [2.05, 4.69) is 11.8 Å². The second-order valence-electron chi connectivity index (χ2n) is 5.69. The van der Waals surface area contributed by atoms with Crippen LogP contribution in [0.4, 0.5) is 0 Å². The summed E-state index contributed by atoms with van der Waals surface area (Å²) in [4.78, 5) is 14.7. The first-order valence-electron chi connectivity index (χ1n) is 7.65. The van der Waals surface area contributed by atoms with E-state index in [9.17, 15) is 4.79 Å². The van der Waals surface area contributed by atoms with Crippen molar-refractivity contribution >= 4 is 5.78 Å². The molecule has 0 radical (unpaired) electrons. The van der Waals surface area contributed by atoms with Crippen molar-refractivity contribution in [3.63, 3.8) is 0 Å². The normalized spacial score (nSPS) is 14.6. The molecule has 1 heterocycles. The molecule has 0 aliphatic heterocycles. The molecule has 2 aromatic rings. The molecule has 0 saturated heterocycles. The molecule has 1 aliphatic rings. The van der Waals surface area contributed by atoms with E-state index in [1.807, 2.05) is 36.4 Å². The van der Waals surface area contributed by atoms with Gasteiger partial charge in [0.1, 0.15) is 5.76 Å². The molecule has 21 heavy (non-hydrogen) atoms. The van der Waals surface area contributed by atoms with Crippen LogP contribution in [0.15, 0.2) is 47.1 Å². The minimum Gasteiger partial charge on any atom is -0.468 e. The first kappa shape index (κ1) is 14.1. The van der Waals surface area contributed by atoms with Crippen LogP contribution in [-0.4, -0.2) is 23.3 Å². The molecule has 1 aromatic heterocycles. The maximum atomic E-state index is 12.4. The van der Waals surface area contributed by atoms with E-state index < -0.39 is 0 Å². The Balaban J connectivity index is 1.65. The van der Waals surface area contributed by atoms with Gasteiger partial charge in [-0.05, 0) is 37.0 Å². The van der Waals surface area contributed by atoms with Crippen LogP contribution in [0.5, 0.6) is 0 Å². The highest BCUT2D eigenvalue weighted by Gasteiger charge is 2.30. The number of carbonyl (C=O) groups excluding carboxylic acids is 1. The summed E-state index contributed by atoms with van der Waals surface area (Å²) in [6.07, 6.45) is 5.05. The average molecular weight is 283 g/mol. The fourth-order valence-electron chi connectivity index (χ4n) is 2.56. The topological polar surface area (TPSA) is 33.5 Å². The Bertz CT molecular complexity index is 582. The molecule has 0 spiro atoms. The van der Waals surface area contributed by atoms with Gasteiger partial charge in [0.05, 0.1) is 19.4 Å². The Kier molecular flexibility index (Phi) is 4.20. The minimum absolute atomic E-state index is 0.191. The summed E-state index contributed by atoms with van der Waals surface area (Å²) < 4.78 is 5.41. The van der Waals surface area contributed by atoms with Crippen molar-refractivity contribution < 1.29 is 9.21 Å². The van der Waals surface area contributed by atoms with Crippen molar-refractivity contribution in [1.82, 2.24) is 4.90 Å². The number of carbonyl (C=O) groups is 1. The Morgan fingerprint density at radius 1 is 1.24 bits per heavy atom. The predicted molar refractivity (Wildman–Crippen MR) is 82.3 cm³/mol. The van der Waals surface area contributed by atoms with Crippen LogP contribution >= 0.6 is 0 Å². The van der Waals surface area contributed by atoms with Crippen LogP contribution in [0.3, 0.4) is 0 Å². The molecule has 1 saturated carbocycles. The van der Waals surface area contributed by atoms with Gasteiger partial charge in [-0.15, -0.1) is 0 Å². The zero-order valence-corrected chi connectivity index (χ0v) is 12.4. The number of ketones is 1.